The largest absolute Gasteiger partial charge is 0.497 e. The number of amidine groups is 1. The summed E-state index contributed by atoms with van der Waals surface area (Å²) in [6.45, 7) is 0.254. The van der Waals surface area contributed by atoms with Gasteiger partial charge in [0.05, 0.1) is 18.4 Å². The minimum atomic E-state index is -3.60. The van der Waals surface area contributed by atoms with Gasteiger partial charge in [0.1, 0.15) is 17.6 Å². The van der Waals surface area contributed by atoms with Gasteiger partial charge in [-0.2, -0.15) is 0 Å². The lowest BCUT2D eigenvalue weighted by Crippen LogP contribution is -2.43. The Morgan fingerprint density at radius 3 is 2.70 bits per heavy atom. The molecule has 1 amide bonds. The molecule has 0 bridgehead atoms. The topological polar surface area (TPSA) is 106 Å². The number of ether oxygens (including phenoxy) is 1. The van der Waals surface area contributed by atoms with E-state index in [0.717, 1.165) is 5.56 Å². The molecular weight excluding hydrogens is 406 g/mol. The van der Waals surface area contributed by atoms with E-state index >= 15 is 0 Å². The molecule has 1 unspecified atom stereocenters. The molecule has 156 valence electrons. The minimum Gasteiger partial charge on any atom is -0.497 e. The molecule has 3 heterocycles. The summed E-state index contributed by atoms with van der Waals surface area (Å²) >= 11 is 0. The molecule has 0 saturated carbocycles. The molecule has 30 heavy (non-hydrogen) atoms. The Morgan fingerprint density at radius 1 is 1.27 bits per heavy atom. The molecule has 1 aromatic heterocycles. The molecule has 2 aromatic rings. The lowest BCUT2D eigenvalue weighted by Gasteiger charge is -2.29. The Kier molecular flexibility index (Phi) is 5.17. The molecule has 0 spiro atoms. The predicted octanol–water partition coefficient (Wildman–Crippen LogP) is 1.13. The van der Waals surface area contributed by atoms with Crippen molar-refractivity contribution in [2.45, 2.75) is 6.04 Å². The number of rotatable bonds is 5. The van der Waals surface area contributed by atoms with Gasteiger partial charge in [0, 0.05) is 32.2 Å². The van der Waals surface area contributed by atoms with E-state index in [1.54, 1.807) is 54.9 Å². The van der Waals surface area contributed by atoms with Crippen molar-refractivity contribution in [2.75, 3.05) is 19.4 Å². The van der Waals surface area contributed by atoms with Crippen LogP contribution >= 0.6 is 0 Å². The Morgan fingerprint density at radius 2 is 2.03 bits per heavy atom. The van der Waals surface area contributed by atoms with E-state index < -0.39 is 22.0 Å². The third-order valence-corrected chi connectivity index (χ3v) is 6.09. The van der Waals surface area contributed by atoms with Crippen molar-refractivity contribution >= 4 is 21.8 Å². The second kappa shape index (κ2) is 7.79. The third-order valence-electron chi connectivity index (χ3n) is 4.94. The zero-order valence-electron chi connectivity index (χ0n) is 16.5. The predicted molar refractivity (Wildman–Crippen MR) is 111 cm³/mol. The fraction of sp³-hybridized carbons (Fsp3) is 0.250. The van der Waals surface area contributed by atoms with Crippen LogP contribution in [0.15, 0.2) is 65.0 Å². The monoisotopic (exact) mass is 427 g/mol. The first kappa shape index (κ1) is 19.9. The van der Waals surface area contributed by atoms with E-state index in [1.807, 2.05) is 23.7 Å². The molecule has 9 nitrogen and oxygen atoms in total. The van der Waals surface area contributed by atoms with Crippen molar-refractivity contribution in [2.24, 2.45) is 11.4 Å². The van der Waals surface area contributed by atoms with Gasteiger partial charge in [0.15, 0.2) is 5.84 Å². The van der Waals surface area contributed by atoms with Gasteiger partial charge >= 0.3 is 0 Å². The lowest BCUT2D eigenvalue weighted by atomic mass is 10.0. The van der Waals surface area contributed by atoms with E-state index in [4.69, 9.17) is 4.74 Å². The number of sulfonamides is 1. The molecule has 4 rings (SSSR count). The molecule has 0 aliphatic carbocycles. The van der Waals surface area contributed by atoms with Gasteiger partial charge in [-0.05, 0) is 29.8 Å². The molecule has 2 aliphatic heterocycles. The minimum absolute atomic E-state index is 0.0858. The van der Waals surface area contributed by atoms with E-state index in [-0.39, 0.29) is 23.7 Å². The molecule has 0 fully saturated rings. The number of fused-ring (bicyclic) bond motifs is 1. The van der Waals surface area contributed by atoms with E-state index in [1.165, 1.54) is 0 Å². The maximum atomic E-state index is 13.2. The molecule has 1 atom stereocenters. The van der Waals surface area contributed by atoms with Crippen molar-refractivity contribution in [3.8, 4) is 5.75 Å². The summed E-state index contributed by atoms with van der Waals surface area (Å²) in [6, 6.07) is 6.76. The summed E-state index contributed by atoms with van der Waals surface area (Å²) < 4.78 is 34.8. The summed E-state index contributed by atoms with van der Waals surface area (Å²) in [6.07, 6.45) is 8.42. The Balaban J connectivity index is 1.68. The fourth-order valence-corrected chi connectivity index (χ4v) is 4.34. The summed E-state index contributed by atoms with van der Waals surface area (Å²) in [5, 5.41) is 2.98. The van der Waals surface area contributed by atoms with Crippen molar-refractivity contribution in [1.29, 1.82) is 0 Å². The highest BCUT2D eigenvalue weighted by atomic mass is 32.2. The number of nitrogens with zero attached hydrogens (tertiary/aromatic N) is 4. The molecular formula is C20H21N5O4S. The Bertz CT molecular complexity index is 1160. The number of hydrogen-bond acceptors (Lipinski definition) is 6. The molecule has 10 heteroatoms. The van der Waals surface area contributed by atoms with Gasteiger partial charge in [-0.15, -0.1) is 4.40 Å². The van der Waals surface area contributed by atoms with Crippen LogP contribution in [-0.4, -0.2) is 54.0 Å². The number of hydrogen-bond donors (Lipinski definition) is 1. The summed E-state index contributed by atoms with van der Waals surface area (Å²) in [7, 11) is -0.172. The van der Waals surface area contributed by atoms with Gasteiger partial charge in [0.25, 0.3) is 15.9 Å². The van der Waals surface area contributed by atoms with Gasteiger partial charge in [-0.25, -0.2) is 13.4 Å². The highest BCUT2D eigenvalue weighted by Gasteiger charge is 2.31. The van der Waals surface area contributed by atoms with E-state index in [0.29, 0.717) is 11.6 Å². The fourth-order valence-electron chi connectivity index (χ4n) is 3.35. The Labute approximate surface area is 174 Å². The van der Waals surface area contributed by atoms with Crippen LogP contribution < -0.4 is 10.1 Å². The first-order chi connectivity index (χ1) is 14.4. The number of carbonyl (C=O) groups excluding carboxylic acids is 1. The third kappa shape index (κ3) is 3.86. The number of carbonyl (C=O) groups is 1. The first-order valence-corrected chi connectivity index (χ1v) is 10.9. The van der Waals surface area contributed by atoms with Crippen LogP contribution in [0.5, 0.6) is 5.75 Å². The van der Waals surface area contributed by atoms with Crippen LogP contribution in [0.2, 0.25) is 0 Å². The zero-order chi connectivity index (χ0) is 21.3. The van der Waals surface area contributed by atoms with Crippen LogP contribution in [-0.2, 0) is 21.9 Å². The summed E-state index contributed by atoms with van der Waals surface area (Å²) in [4.78, 5) is 19.3. The molecule has 0 saturated heterocycles. The zero-order valence-corrected chi connectivity index (χ0v) is 17.3. The lowest BCUT2D eigenvalue weighted by molar-refractivity contribution is -0.117. The van der Waals surface area contributed by atoms with Crippen LogP contribution in [0.25, 0.3) is 0 Å². The number of methoxy groups -OCH3 is 1. The second-order valence-corrected chi connectivity index (χ2v) is 8.65. The van der Waals surface area contributed by atoms with Gasteiger partial charge in [-0.1, -0.05) is 12.1 Å². The average Bonchev–Trinajstić information content (AvgIpc) is 3.16. The molecule has 2 aliphatic rings. The van der Waals surface area contributed by atoms with Crippen LogP contribution in [0.4, 0.5) is 0 Å². The number of aryl methyl sites for hydroxylation is 1. The van der Waals surface area contributed by atoms with E-state index in [2.05, 4.69) is 14.7 Å². The van der Waals surface area contributed by atoms with E-state index in [9.17, 15) is 13.2 Å². The summed E-state index contributed by atoms with van der Waals surface area (Å²) in [5.74, 6) is 0.938. The standard InChI is InChI=1S/C20H21N5O4S/c1-24-11-9-21-19(24)17(14-5-7-15(29-2)8-6-14)22-20(26)16-4-3-10-25-12-13-30(27,28)23-18(16)25/h3-11,17H,12-13H2,1-2H3,(H,22,26). The summed E-state index contributed by atoms with van der Waals surface area (Å²) in [5.41, 5.74) is 0.994. The first-order valence-electron chi connectivity index (χ1n) is 9.28. The van der Waals surface area contributed by atoms with Gasteiger partial charge in [-0.3, -0.25) is 4.79 Å². The SMILES string of the molecule is COc1ccc(C(NC(=O)C2=CC=CN3CCS(=O)(=O)N=C23)c2nccn2C)cc1. The van der Waals surface area contributed by atoms with Crippen molar-refractivity contribution in [3.05, 3.63) is 72.0 Å². The average molecular weight is 427 g/mol. The normalized spacial score (nSPS) is 18.1. The number of aromatic nitrogens is 2. The maximum absolute atomic E-state index is 13.2. The van der Waals surface area contributed by atoms with Crippen molar-refractivity contribution in [3.63, 3.8) is 0 Å². The number of imidazole rings is 1. The number of nitrogens with one attached hydrogen (secondary N) is 1. The molecule has 1 aromatic carbocycles. The van der Waals surface area contributed by atoms with Crippen LogP contribution in [0.3, 0.4) is 0 Å². The molecule has 1 N–H and O–H groups in total. The Hall–Kier alpha value is -3.40. The quantitative estimate of drug-likeness (QED) is 0.767. The van der Waals surface area contributed by atoms with Gasteiger partial charge in [0.2, 0.25) is 0 Å². The van der Waals surface area contributed by atoms with Crippen molar-refractivity contribution in [1.82, 2.24) is 19.8 Å². The highest BCUT2D eigenvalue weighted by Crippen LogP contribution is 2.25. The highest BCUT2D eigenvalue weighted by molar-refractivity contribution is 7.90. The van der Waals surface area contributed by atoms with Gasteiger partial charge < -0.3 is 19.5 Å². The van der Waals surface area contributed by atoms with Crippen LogP contribution in [0, 0.1) is 0 Å². The van der Waals surface area contributed by atoms with Crippen LogP contribution in [0.1, 0.15) is 17.4 Å². The van der Waals surface area contributed by atoms with Crippen molar-refractivity contribution < 1.29 is 17.9 Å². The maximum Gasteiger partial charge on any atom is 0.256 e. The number of benzene rings is 1. The number of amides is 1. The number of allylic oxidation sites excluding steroid dienone is 2. The smallest absolute Gasteiger partial charge is 0.256 e. The molecule has 0 radical (unpaired) electrons. The second-order valence-electron chi connectivity index (χ2n) is 6.89.